The SMILES string of the molecule is Cc1ccc(OCc2cccc(-c3c(C)cc(OC4CNC4)cc3C)c2)cc1OCCCC(=O)O. The van der Waals surface area contributed by atoms with Crippen molar-refractivity contribution in [1.29, 1.82) is 0 Å². The first-order valence-electron chi connectivity index (χ1n) is 12.0. The smallest absolute Gasteiger partial charge is 0.303 e. The predicted molar refractivity (Wildman–Crippen MR) is 137 cm³/mol. The summed E-state index contributed by atoms with van der Waals surface area (Å²) >= 11 is 0. The summed E-state index contributed by atoms with van der Waals surface area (Å²) in [5.41, 5.74) is 6.82. The van der Waals surface area contributed by atoms with Gasteiger partial charge in [-0.1, -0.05) is 24.3 Å². The molecule has 1 aliphatic heterocycles. The minimum atomic E-state index is -0.814. The standard InChI is InChI=1S/C29H33NO5/c1-19-9-10-24(15-27(19)33-11-5-8-28(31)32)34-18-22-6-4-7-23(14-22)29-20(2)12-25(13-21(29)3)35-26-16-30-17-26/h4,6-7,9-10,12-15,26,30H,5,8,11,16-18H2,1-3H3,(H,31,32). The van der Waals surface area contributed by atoms with Gasteiger partial charge in [-0.2, -0.15) is 0 Å². The summed E-state index contributed by atoms with van der Waals surface area (Å²) in [4.78, 5) is 10.7. The van der Waals surface area contributed by atoms with Crippen LogP contribution in [0, 0.1) is 20.8 Å². The Hall–Kier alpha value is -3.51. The summed E-state index contributed by atoms with van der Waals surface area (Å²) in [6.45, 7) is 8.82. The number of hydrogen-bond acceptors (Lipinski definition) is 5. The van der Waals surface area contributed by atoms with Gasteiger partial charge in [0.2, 0.25) is 0 Å². The highest BCUT2D eigenvalue weighted by Crippen LogP contribution is 2.32. The molecule has 1 saturated heterocycles. The van der Waals surface area contributed by atoms with Gasteiger partial charge in [0.05, 0.1) is 6.61 Å². The molecule has 6 nitrogen and oxygen atoms in total. The van der Waals surface area contributed by atoms with Crippen molar-refractivity contribution >= 4 is 5.97 Å². The molecule has 0 aromatic heterocycles. The average Bonchev–Trinajstić information content (AvgIpc) is 2.79. The number of aryl methyl sites for hydroxylation is 3. The van der Waals surface area contributed by atoms with E-state index in [9.17, 15) is 4.79 Å². The van der Waals surface area contributed by atoms with Crippen LogP contribution < -0.4 is 19.5 Å². The Morgan fingerprint density at radius 2 is 1.71 bits per heavy atom. The fraction of sp³-hybridized carbons (Fsp3) is 0.345. The molecular formula is C29H33NO5. The minimum absolute atomic E-state index is 0.0955. The molecule has 3 aromatic carbocycles. The van der Waals surface area contributed by atoms with Crippen LogP contribution in [0.5, 0.6) is 17.2 Å². The highest BCUT2D eigenvalue weighted by atomic mass is 16.5. The van der Waals surface area contributed by atoms with Gasteiger partial charge in [0, 0.05) is 25.6 Å². The molecule has 0 radical (unpaired) electrons. The summed E-state index contributed by atoms with van der Waals surface area (Å²) in [7, 11) is 0. The molecule has 0 spiro atoms. The molecule has 4 rings (SSSR count). The molecule has 3 aromatic rings. The molecule has 6 heteroatoms. The first-order valence-corrected chi connectivity index (χ1v) is 12.0. The predicted octanol–water partition coefficient (Wildman–Crippen LogP) is 5.45. The molecule has 0 unspecified atom stereocenters. The van der Waals surface area contributed by atoms with Crippen LogP contribution in [0.4, 0.5) is 0 Å². The highest BCUT2D eigenvalue weighted by Gasteiger charge is 2.19. The maximum Gasteiger partial charge on any atom is 0.303 e. The zero-order valence-electron chi connectivity index (χ0n) is 20.6. The minimum Gasteiger partial charge on any atom is -0.493 e. The van der Waals surface area contributed by atoms with Crippen LogP contribution in [0.25, 0.3) is 11.1 Å². The second-order valence-electron chi connectivity index (χ2n) is 9.09. The largest absolute Gasteiger partial charge is 0.493 e. The van der Waals surface area contributed by atoms with Crippen molar-refractivity contribution < 1.29 is 24.1 Å². The zero-order chi connectivity index (χ0) is 24.8. The molecular weight excluding hydrogens is 442 g/mol. The summed E-state index contributed by atoms with van der Waals surface area (Å²) in [6, 6.07) is 18.4. The molecule has 0 amide bonds. The summed E-state index contributed by atoms with van der Waals surface area (Å²) in [5.74, 6) is 1.54. The number of carboxylic acid groups (broad SMARTS) is 1. The van der Waals surface area contributed by atoms with Crippen molar-refractivity contribution in [3.05, 3.63) is 76.9 Å². The topological polar surface area (TPSA) is 77.0 Å². The third kappa shape index (κ3) is 6.55. The Labute approximate surface area is 206 Å². The Bertz CT molecular complexity index is 1160. The van der Waals surface area contributed by atoms with Crippen LogP contribution in [-0.4, -0.2) is 36.9 Å². The molecule has 0 aliphatic carbocycles. The van der Waals surface area contributed by atoms with Crippen LogP contribution >= 0.6 is 0 Å². The molecule has 0 saturated carbocycles. The fourth-order valence-corrected chi connectivity index (χ4v) is 4.20. The quantitative estimate of drug-likeness (QED) is 0.359. The lowest BCUT2D eigenvalue weighted by atomic mass is 9.94. The molecule has 1 aliphatic rings. The first-order chi connectivity index (χ1) is 16.9. The van der Waals surface area contributed by atoms with Crippen LogP contribution in [0.3, 0.4) is 0 Å². The van der Waals surface area contributed by atoms with Crippen LogP contribution in [0.1, 0.15) is 35.1 Å². The number of carboxylic acids is 1. The number of carbonyl (C=O) groups is 1. The molecule has 0 bridgehead atoms. The van der Waals surface area contributed by atoms with Crippen LogP contribution in [-0.2, 0) is 11.4 Å². The number of rotatable bonds is 11. The van der Waals surface area contributed by atoms with E-state index >= 15 is 0 Å². The average molecular weight is 476 g/mol. The summed E-state index contributed by atoms with van der Waals surface area (Å²) in [6.07, 6.45) is 0.826. The Morgan fingerprint density at radius 1 is 0.943 bits per heavy atom. The van der Waals surface area contributed by atoms with E-state index in [-0.39, 0.29) is 12.5 Å². The van der Waals surface area contributed by atoms with Crippen molar-refractivity contribution in [3.8, 4) is 28.4 Å². The van der Waals surface area contributed by atoms with Crippen molar-refractivity contribution in [2.45, 2.75) is 46.3 Å². The summed E-state index contributed by atoms with van der Waals surface area (Å²) in [5, 5.41) is 12.0. The van der Waals surface area contributed by atoms with E-state index in [1.165, 1.54) is 16.7 Å². The van der Waals surface area contributed by atoms with E-state index in [4.69, 9.17) is 19.3 Å². The van der Waals surface area contributed by atoms with E-state index in [0.29, 0.717) is 31.1 Å². The Kier molecular flexibility index (Phi) is 7.93. The third-order valence-electron chi connectivity index (χ3n) is 6.13. The lowest BCUT2D eigenvalue weighted by molar-refractivity contribution is -0.137. The van der Waals surface area contributed by atoms with Gasteiger partial charge in [0.15, 0.2) is 0 Å². The van der Waals surface area contributed by atoms with E-state index in [1.54, 1.807) is 0 Å². The van der Waals surface area contributed by atoms with Gasteiger partial charge >= 0.3 is 5.97 Å². The number of benzene rings is 3. The molecule has 184 valence electrons. The fourth-order valence-electron chi connectivity index (χ4n) is 4.20. The molecule has 1 heterocycles. The normalized spacial score (nSPS) is 13.2. The van der Waals surface area contributed by atoms with Crippen LogP contribution in [0.15, 0.2) is 54.6 Å². The van der Waals surface area contributed by atoms with Crippen molar-refractivity contribution in [3.63, 3.8) is 0 Å². The van der Waals surface area contributed by atoms with E-state index in [0.717, 1.165) is 35.5 Å². The lowest BCUT2D eigenvalue weighted by Gasteiger charge is -2.28. The van der Waals surface area contributed by atoms with Gasteiger partial charge in [-0.25, -0.2) is 0 Å². The maximum absolute atomic E-state index is 10.7. The molecule has 1 fully saturated rings. The number of ether oxygens (including phenoxy) is 3. The van der Waals surface area contributed by atoms with Crippen molar-refractivity contribution in [2.75, 3.05) is 19.7 Å². The van der Waals surface area contributed by atoms with Gasteiger partial charge < -0.3 is 24.6 Å². The third-order valence-corrected chi connectivity index (χ3v) is 6.13. The summed E-state index contributed by atoms with van der Waals surface area (Å²) < 4.78 is 17.9. The Morgan fingerprint density at radius 3 is 2.40 bits per heavy atom. The number of hydrogen-bond donors (Lipinski definition) is 2. The van der Waals surface area contributed by atoms with Crippen molar-refractivity contribution in [1.82, 2.24) is 5.32 Å². The van der Waals surface area contributed by atoms with E-state index in [1.807, 2.05) is 25.1 Å². The molecule has 0 atom stereocenters. The highest BCUT2D eigenvalue weighted by molar-refractivity contribution is 5.72. The van der Waals surface area contributed by atoms with E-state index < -0.39 is 5.97 Å². The number of aliphatic carboxylic acids is 1. The van der Waals surface area contributed by atoms with Gasteiger partial charge in [-0.3, -0.25) is 4.79 Å². The molecule has 2 N–H and O–H groups in total. The lowest BCUT2D eigenvalue weighted by Crippen LogP contribution is -2.50. The first kappa shape index (κ1) is 24.6. The second kappa shape index (κ2) is 11.3. The van der Waals surface area contributed by atoms with Gasteiger partial charge in [0.25, 0.3) is 0 Å². The Balaban J connectivity index is 1.42. The second-order valence-corrected chi connectivity index (χ2v) is 9.09. The van der Waals surface area contributed by atoms with E-state index in [2.05, 4.69) is 55.6 Å². The van der Waals surface area contributed by atoms with Gasteiger partial charge in [-0.15, -0.1) is 0 Å². The van der Waals surface area contributed by atoms with Crippen molar-refractivity contribution in [2.24, 2.45) is 0 Å². The van der Waals surface area contributed by atoms with Gasteiger partial charge in [0.1, 0.15) is 30.0 Å². The number of nitrogens with one attached hydrogen (secondary N) is 1. The monoisotopic (exact) mass is 475 g/mol. The molecule has 35 heavy (non-hydrogen) atoms. The zero-order valence-corrected chi connectivity index (χ0v) is 20.6. The maximum atomic E-state index is 10.7. The van der Waals surface area contributed by atoms with Gasteiger partial charge in [-0.05, 0) is 84.8 Å². The van der Waals surface area contributed by atoms with Crippen LogP contribution in [0.2, 0.25) is 0 Å².